The third-order valence-electron chi connectivity index (χ3n) is 4.05. The summed E-state index contributed by atoms with van der Waals surface area (Å²) in [6.45, 7) is 5.83. The van der Waals surface area contributed by atoms with Gasteiger partial charge >= 0.3 is 0 Å². The van der Waals surface area contributed by atoms with E-state index in [1.165, 1.54) is 5.01 Å². The molecule has 1 aliphatic rings. The van der Waals surface area contributed by atoms with Gasteiger partial charge in [-0.3, -0.25) is 4.79 Å². The van der Waals surface area contributed by atoms with E-state index >= 15 is 0 Å². The minimum absolute atomic E-state index is 0.187. The highest BCUT2D eigenvalue weighted by Gasteiger charge is 2.29. The highest BCUT2D eigenvalue weighted by molar-refractivity contribution is 9.10. The van der Waals surface area contributed by atoms with Gasteiger partial charge in [-0.25, -0.2) is 0 Å². The van der Waals surface area contributed by atoms with E-state index in [4.69, 9.17) is 9.47 Å². The van der Waals surface area contributed by atoms with Crippen LogP contribution in [0.1, 0.15) is 12.5 Å². The average Bonchev–Trinajstić information content (AvgIpc) is 2.96. The number of rotatable bonds is 6. The smallest absolute Gasteiger partial charge is 0.280 e. The standard InChI is InChI=1S/C21H18Br2N2O3/c1-4-8-28-20-12-18(23)14(10-19(20)27-3)9-17-13(2)24-25(21(17)26)16-7-5-6-15(22)11-16/h4-7,9-12H,1,8H2,2-3H3/b17-9-. The summed E-state index contributed by atoms with van der Waals surface area (Å²) in [5.74, 6) is 0.976. The highest BCUT2D eigenvalue weighted by atomic mass is 79.9. The average molecular weight is 506 g/mol. The van der Waals surface area contributed by atoms with Crippen molar-refractivity contribution in [2.75, 3.05) is 18.7 Å². The van der Waals surface area contributed by atoms with Gasteiger partial charge in [0.2, 0.25) is 0 Å². The molecule has 0 aliphatic carbocycles. The van der Waals surface area contributed by atoms with E-state index in [1.54, 1.807) is 19.3 Å². The Balaban J connectivity index is 1.96. The van der Waals surface area contributed by atoms with Crippen LogP contribution >= 0.6 is 31.9 Å². The molecule has 0 aromatic heterocycles. The predicted octanol–water partition coefficient (Wildman–Crippen LogP) is 5.59. The van der Waals surface area contributed by atoms with E-state index in [1.807, 2.05) is 43.3 Å². The molecule has 7 heteroatoms. The summed E-state index contributed by atoms with van der Waals surface area (Å²) in [6, 6.07) is 11.1. The predicted molar refractivity (Wildman–Crippen MR) is 119 cm³/mol. The van der Waals surface area contributed by atoms with E-state index < -0.39 is 0 Å². The minimum atomic E-state index is -0.187. The molecule has 0 unspecified atom stereocenters. The van der Waals surface area contributed by atoms with Crippen LogP contribution in [0, 0.1) is 0 Å². The lowest BCUT2D eigenvalue weighted by atomic mass is 10.1. The molecule has 3 rings (SSSR count). The van der Waals surface area contributed by atoms with Crippen molar-refractivity contribution >= 4 is 55.2 Å². The zero-order chi connectivity index (χ0) is 20.3. The van der Waals surface area contributed by atoms with Crippen LogP contribution in [0.15, 0.2) is 68.7 Å². The summed E-state index contributed by atoms with van der Waals surface area (Å²) in [7, 11) is 1.57. The monoisotopic (exact) mass is 504 g/mol. The zero-order valence-corrected chi connectivity index (χ0v) is 18.6. The molecular formula is C21H18Br2N2O3. The lowest BCUT2D eigenvalue weighted by molar-refractivity contribution is -0.114. The van der Waals surface area contributed by atoms with Crippen LogP contribution in [-0.2, 0) is 4.79 Å². The molecule has 5 nitrogen and oxygen atoms in total. The second-order valence-corrected chi connectivity index (χ2v) is 7.73. The van der Waals surface area contributed by atoms with E-state index in [-0.39, 0.29) is 5.91 Å². The quantitative estimate of drug-likeness (QED) is 0.379. The fraction of sp³-hybridized carbons (Fsp3) is 0.143. The molecule has 0 atom stereocenters. The third kappa shape index (κ3) is 4.20. The largest absolute Gasteiger partial charge is 0.493 e. The van der Waals surface area contributed by atoms with Gasteiger partial charge in [-0.2, -0.15) is 10.1 Å². The Morgan fingerprint density at radius 3 is 2.68 bits per heavy atom. The number of amides is 1. The van der Waals surface area contributed by atoms with Crippen molar-refractivity contribution in [2.24, 2.45) is 5.10 Å². The van der Waals surface area contributed by atoms with Gasteiger partial charge in [0.25, 0.3) is 5.91 Å². The number of hydrogen-bond donors (Lipinski definition) is 0. The van der Waals surface area contributed by atoms with Gasteiger partial charge in [0.1, 0.15) is 6.61 Å². The van der Waals surface area contributed by atoms with Gasteiger partial charge in [0.05, 0.1) is 24.1 Å². The van der Waals surface area contributed by atoms with Crippen molar-refractivity contribution in [1.29, 1.82) is 0 Å². The summed E-state index contributed by atoms with van der Waals surface area (Å²) in [6.07, 6.45) is 3.46. The summed E-state index contributed by atoms with van der Waals surface area (Å²) in [5, 5.41) is 5.82. The number of methoxy groups -OCH3 is 1. The van der Waals surface area contributed by atoms with Crippen molar-refractivity contribution in [1.82, 2.24) is 0 Å². The van der Waals surface area contributed by atoms with Crippen LogP contribution in [0.3, 0.4) is 0 Å². The van der Waals surface area contributed by atoms with E-state index in [9.17, 15) is 4.79 Å². The first kappa shape index (κ1) is 20.4. The molecular weight excluding hydrogens is 488 g/mol. The Kier molecular flexibility index (Phi) is 6.36. The molecule has 0 N–H and O–H groups in total. The van der Waals surface area contributed by atoms with Crippen molar-refractivity contribution in [3.05, 3.63) is 69.1 Å². The Morgan fingerprint density at radius 2 is 2.00 bits per heavy atom. The molecule has 0 bridgehead atoms. The van der Waals surface area contributed by atoms with Crippen LogP contribution in [0.5, 0.6) is 11.5 Å². The Morgan fingerprint density at radius 1 is 1.21 bits per heavy atom. The van der Waals surface area contributed by atoms with Crippen molar-refractivity contribution in [3.8, 4) is 11.5 Å². The van der Waals surface area contributed by atoms with Crippen LogP contribution in [-0.4, -0.2) is 25.3 Å². The molecule has 1 amide bonds. The number of hydrazone groups is 1. The van der Waals surface area contributed by atoms with Gasteiger partial charge in [-0.15, -0.1) is 0 Å². The molecule has 28 heavy (non-hydrogen) atoms. The first-order valence-corrected chi connectivity index (χ1v) is 10.0. The van der Waals surface area contributed by atoms with Crippen LogP contribution in [0.2, 0.25) is 0 Å². The number of anilines is 1. The Hall–Kier alpha value is -2.38. The van der Waals surface area contributed by atoms with E-state index in [2.05, 4.69) is 43.5 Å². The molecule has 1 heterocycles. The zero-order valence-electron chi connectivity index (χ0n) is 15.4. The highest BCUT2D eigenvalue weighted by Crippen LogP contribution is 2.35. The number of benzene rings is 2. The third-order valence-corrected chi connectivity index (χ3v) is 5.23. The van der Waals surface area contributed by atoms with Crippen molar-refractivity contribution < 1.29 is 14.3 Å². The number of ether oxygens (including phenoxy) is 2. The second-order valence-electron chi connectivity index (χ2n) is 5.96. The summed E-state index contributed by atoms with van der Waals surface area (Å²) in [4.78, 5) is 13.0. The van der Waals surface area contributed by atoms with Crippen LogP contribution in [0.4, 0.5) is 5.69 Å². The number of halogens is 2. The molecule has 0 saturated carbocycles. The van der Waals surface area contributed by atoms with Gasteiger partial charge in [-0.05, 0) is 48.9 Å². The number of carbonyl (C=O) groups excluding carboxylic acids is 1. The maximum atomic E-state index is 13.0. The molecule has 2 aromatic carbocycles. The molecule has 2 aromatic rings. The van der Waals surface area contributed by atoms with Crippen LogP contribution < -0.4 is 14.5 Å². The molecule has 144 valence electrons. The lowest BCUT2D eigenvalue weighted by Crippen LogP contribution is -2.21. The van der Waals surface area contributed by atoms with Gasteiger partial charge < -0.3 is 9.47 Å². The second kappa shape index (κ2) is 8.75. The van der Waals surface area contributed by atoms with Crippen molar-refractivity contribution in [2.45, 2.75) is 6.92 Å². The Labute approximate surface area is 180 Å². The fourth-order valence-electron chi connectivity index (χ4n) is 2.71. The lowest BCUT2D eigenvalue weighted by Gasteiger charge is -2.13. The number of carbonyl (C=O) groups is 1. The molecule has 0 saturated heterocycles. The SMILES string of the molecule is C=CCOc1cc(Br)c(/C=C2\C(=O)N(c3cccc(Br)c3)N=C2C)cc1OC. The topological polar surface area (TPSA) is 51.1 Å². The van der Waals surface area contributed by atoms with E-state index in [0.717, 1.165) is 14.5 Å². The minimum Gasteiger partial charge on any atom is -0.493 e. The summed E-state index contributed by atoms with van der Waals surface area (Å²) < 4.78 is 12.7. The first-order chi connectivity index (χ1) is 13.4. The van der Waals surface area contributed by atoms with Gasteiger partial charge in [0.15, 0.2) is 11.5 Å². The van der Waals surface area contributed by atoms with Gasteiger partial charge in [0, 0.05) is 8.95 Å². The van der Waals surface area contributed by atoms with Crippen LogP contribution in [0.25, 0.3) is 6.08 Å². The Bertz CT molecular complexity index is 999. The molecule has 0 spiro atoms. The number of hydrogen-bond acceptors (Lipinski definition) is 4. The summed E-state index contributed by atoms with van der Waals surface area (Å²) in [5.41, 5.74) is 2.65. The number of nitrogens with zero attached hydrogens (tertiary/aromatic N) is 2. The van der Waals surface area contributed by atoms with E-state index in [0.29, 0.717) is 35.1 Å². The maximum Gasteiger partial charge on any atom is 0.280 e. The molecule has 0 fully saturated rings. The molecule has 1 aliphatic heterocycles. The maximum absolute atomic E-state index is 13.0. The normalized spacial score (nSPS) is 15.0. The van der Waals surface area contributed by atoms with Gasteiger partial charge in [-0.1, -0.05) is 50.6 Å². The molecule has 0 radical (unpaired) electrons. The van der Waals surface area contributed by atoms with Crippen molar-refractivity contribution in [3.63, 3.8) is 0 Å². The summed E-state index contributed by atoms with van der Waals surface area (Å²) >= 11 is 6.97. The first-order valence-electron chi connectivity index (χ1n) is 8.43. The fourth-order valence-corrected chi connectivity index (χ4v) is 3.53.